The monoisotopic (exact) mass is 368 g/mol. The average molecular weight is 370 g/mol. The summed E-state index contributed by atoms with van der Waals surface area (Å²) < 4.78 is 1.87. The number of nitrogen functional groups attached to an aromatic ring is 2. The second kappa shape index (κ2) is 5.76. The number of nitrogens with two attached hydrogens (primary N) is 2. The Hall–Kier alpha value is -1.00. The summed E-state index contributed by atoms with van der Waals surface area (Å²) in [6.07, 6.45) is 1.96. The first-order valence-corrected chi connectivity index (χ1v) is 7.22. The zero-order valence-corrected chi connectivity index (χ0v) is 13.0. The molecule has 0 aromatic heterocycles. The first-order valence-electron chi connectivity index (χ1n) is 5.64. The van der Waals surface area contributed by atoms with Gasteiger partial charge in [0.2, 0.25) is 0 Å². The highest BCUT2D eigenvalue weighted by Gasteiger charge is 2.04. The largest absolute Gasteiger partial charge is 0.399 e. The Morgan fingerprint density at radius 3 is 1.83 bits per heavy atom. The van der Waals surface area contributed by atoms with Crippen LogP contribution in [0.5, 0.6) is 0 Å². The van der Waals surface area contributed by atoms with E-state index in [1.54, 1.807) is 0 Å². The molecule has 0 radical (unpaired) electrons. The Labute approximate surface area is 124 Å². The van der Waals surface area contributed by atoms with Crippen molar-refractivity contribution in [1.29, 1.82) is 0 Å². The van der Waals surface area contributed by atoms with Gasteiger partial charge < -0.3 is 11.5 Å². The number of hydrogen-bond donors (Lipinski definition) is 2. The van der Waals surface area contributed by atoms with E-state index in [9.17, 15) is 0 Å². The molecule has 94 valence electrons. The molecule has 0 aliphatic rings. The standard InChI is InChI=1S/C14H14Br2N2/c15-12-7-10(8-13(16)14(12)18)2-1-9-3-5-11(17)6-4-9/h3-8H,1-2,17-18H2. The minimum atomic E-state index is 0.742. The summed E-state index contributed by atoms with van der Waals surface area (Å²) in [5.74, 6) is 0. The molecule has 18 heavy (non-hydrogen) atoms. The Morgan fingerprint density at radius 1 is 0.778 bits per heavy atom. The molecule has 2 aromatic carbocycles. The maximum Gasteiger partial charge on any atom is 0.0603 e. The Morgan fingerprint density at radius 2 is 1.28 bits per heavy atom. The molecule has 2 rings (SSSR count). The molecule has 0 bridgehead atoms. The predicted molar refractivity (Wildman–Crippen MR) is 84.5 cm³/mol. The van der Waals surface area contributed by atoms with E-state index in [-0.39, 0.29) is 0 Å². The number of halogens is 2. The summed E-state index contributed by atoms with van der Waals surface area (Å²) in [4.78, 5) is 0. The van der Waals surface area contributed by atoms with Crippen molar-refractivity contribution >= 4 is 43.2 Å². The minimum Gasteiger partial charge on any atom is -0.399 e. The molecule has 2 nitrogen and oxygen atoms in total. The molecule has 0 saturated carbocycles. The number of aryl methyl sites for hydroxylation is 2. The van der Waals surface area contributed by atoms with Crippen LogP contribution in [-0.4, -0.2) is 0 Å². The summed E-state index contributed by atoms with van der Waals surface area (Å²) in [6.45, 7) is 0. The summed E-state index contributed by atoms with van der Waals surface area (Å²) in [5, 5.41) is 0. The fourth-order valence-corrected chi connectivity index (χ4v) is 3.04. The van der Waals surface area contributed by atoms with Crippen LogP contribution < -0.4 is 11.5 Å². The molecule has 0 atom stereocenters. The molecule has 0 heterocycles. The minimum absolute atomic E-state index is 0.742. The van der Waals surface area contributed by atoms with Crippen molar-refractivity contribution in [2.24, 2.45) is 0 Å². The van der Waals surface area contributed by atoms with Crippen LogP contribution in [0.15, 0.2) is 45.3 Å². The summed E-state index contributed by atoms with van der Waals surface area (Å²) in [6, 6.07) is 12.1. The Balaban J connectivity index is 2.08. The lowest BCUT2D eigenvalue weighted by Gasteiger charge is -2.07. The van der Waals surface area contributed by atoms with Gasteiger partial charge in [0.15, 0.2) is 0 Å². The topological polar surface area (TPSA) is 52.0 Å². The summed E-state index contributed by atoms with van der Waals surface area (Å²) in [5.41, 5.74) is 15.6. The molecule has 0 amide bonds. The molecular weight excluding hydrogens is 356 g/mol. The maximum atomic E-state index is 5.87. The highest BCUT2D eigenvalue weighted by Crippen LogP contribution is 2.30. The van der Waals surface area contributed by atoms with Gasteiger partial charge in [0.05, 0.1) is 5.69 Å². The van der Waals surface area contributed by atoms with E-state index < -0.39 is 0 Å². The zero-order valence-electron chi connectivity index (χ0n) is 9.79. The van der Waals surface area contributed by atoms with Crippen LogP contribution in [0.4, 0.5) is 11.4 Å². The molecule has 0 aliphatic carbocycles. The van der Waals surface area contributed by atoms with Gasteiger partial charge in [-0.15, -0.1) is 0 Å². The van der Waals surface area contributed by atoms with Crippen molar-refractivity contribution in [3.05, 3.63) is 56.5 Å². The predicted octanol–water partition coefficient (Wildman–Crippen LogP) is 4.16. The van der Waals surface area contributed by atoms with Crippen molar-refractivity contribution in [3.63, 3.8) is 0 Å². The van der Waals surface area contributed by atoms with Crippen LogP contribution in [0.1, 0.15) is 11.1 Å². The maximum absolute atomic E-state index is 5.87. The van der Waals surface area contributed by atoms with Crippen LogP contribution in [-0.2, 0) is 12.8 Å². The van der Waals surface area contributed by atoms with Gasteiger partial charge in [0.1, 0.15) is 0 Å². The molecular formula is C14H14Br2N2. The van der Waals surface area contributed by atoms with Gasteiger partial charge >= 0.3 is 0 Å². The van der Waals surface area contributed by atoms with Crippen LogP contribution >= 0.6 is 31.9 Å². The lowest BCUT2D eigenvalue weighted by molar-refractivity contribution is 0.959. The molecule has 0 fully saturated rings. The third kappa shape index (κ3) is 3.27. The Kier molecular flexibility index (Phi) is 4.30. The van der Waals surface area contributed by atoms with Crippen molar-refractivity contribution < 1.29 is 0 Å². The smallest absolute Gasteiger partial charge is 0.0603 e. The van der Waals surface area contributed by atoms with Crippen molar-refractivity contribution in [2.75, 3.05) is 11.5 Å². The van der Waals surface area contributed by atoms with E-state index in [2.05, 4.69) is 56.1 Å². The molecule has 0 spiro atoms. The van der Waals surface area contributed by atoms with Crippen LogP contribution in [0.3, 0.4) is 0 Å². The molecule has 4 heteroatoms. The summed E-state index contributed by atoms with van der Waals surface area (Å²) in [7, 11) is 0. The Bertz CT molecular complexity index is 527. The second-order valence-corrected chi connectivity index (χ2v) is 5.92. The van der Waals surface area contributed by atoms with E-state index in [4.69, 9.17) is 11.5 Å². The average Bonchev–Trinajstić information content (AvgIpc) is 2.35. The lowest BCUT2D eigenvalue weighted by Crippen LogP contribution is -1.95. The van der Waals surface area contributed by atoms with Gasteiger partial charge in [-0.3, -0.25) is 0 Å². The number of anilines is 2. The van der Waals surface area contributed by atoms with Crippen LogP contribution in [0.2, 0.25) is 0 Å². The molecule has 4 N–H and O–H groups in total. The highest BCUT2D eigenvalue weighted by atomic mass is 79.9. The SMILES string of the molecule is Nc1ccc(CCc2cc(Br)c(N)c(Br)c2)cc1. The van der Waals surface area contributed by atoms with E-state index >= 15 is 0 Å². The third-order valence-electron chi connectivity index (χ3n) is 2.82. The first-order chi connectivity index (χ1) is 8.56. The van der Waals surface area contributed by atoms with Crippen molar-refractivity contribution in [3.8, 4) is 0 Å². The fourth-order valence-electron chi connectivity index (χ4n) is 1.75. The number of benzene rings is 2. The quantitative estimate of drug-likeness (QED) is 0.798. The lowest BCUT2D eigenvalue weighted by atomic mass is 10.0. The van der Waals surface area contributed by atoms with Gasteiger partial charge in [0, 0.05) is 14.6 Å². The van der Waals surface area contributed by atoms with Gasteiger partial charge in [-0.2, -0.15) is 0 Å². The highest BCUT2D eigenvalue weighted by molar-refractivity contribution is 9.11. The molecule has 0 saturated heterocycles. The van der Waals surface area contributed by atoms with Gasteiger partial charge in [0.25, 0.3) is 0 Å². The summed E-state index contributed by atoms with van der Waals surface area (Å²) >= 11 is 6.92. The third-order valence-corrected chi connectivity index (χ3v) is 4.13. The van der Waals surface area contributed by atoms with Crippen molar-refractivity contribution in [2.45, 2.75) is 12.8 Å². The molecule has 0 aliphatic heterocycles. The van der Waals surface area contributed by atoms with Crippen LogP contribution in [0.25, 0.3) is 0 Å². The number of rotatable bonds is 3. The van der Waals surface area contributed by atoms with Gasteiger partial charge in [-0.1, -0.05) is 12.1 Å². The van der Waals surface area contributed by atoms with E-state index in [0.29, 0.717) is 0 Å². The fraction of sp³-hybridized carbons (Fsp3) is 0.143. The van der Waals surface area contributed by atoms with E-state index in [1.807, 2.05) is 12.1 Å². The first kappa shape index (κ1) is 13.4. The number of hydrogen-bond acceptors (Lipinski definition) is 2. The van der Waals surface area contributed by atoms with Gasteiger partial charge in [-0.05, 0) is 80.1 Å². The van der Waals surface area contributed by atoms with E-state index in [1.165, 1.54) is 11.1 Å². The molecule has 0 unspecified atom stereocenters. The second-order valence-electron chi connectivity index (χ2n) is 4.21. The van der Waals surface area contributed by atoms with E-state index in [0.717, 1.165) is 33.2 Å². The van der Waals surface area contributed by atoms with Gasteiger partial charge in [-0.25, -0.2) is 0 Å². The van der Waals surface area contributed by atoms with Crippen LogP contribution in [0, 0.1) is 0 Å². The zero-order chi connectivity index (χ0) is 13.1. The van der Waals surface area contributed by atoms with Crippen molar-refractivity contribution in [1.82, 2.24) is 0 Å². The molecule has 2 aromatic rings. The normalized spacial score (nSPS) is 10.6.